The summed E-state index contributed by atoms with van der Waals surface area (Å²) in [5, 5.41) is 3.75. The van der Waals surface area contributed by atoms with Crippen LogP contribution in [0.1, 0.15) is 19.5 Å². The van der Waals surface area contributed by atoms with E-state index in [1.54, 1.807) is 0 Å². The maximum Gasteiger partial charge on any atom is 0.213 e. The molecule has 0 saturated carbocycles. The fourth-order valence-corrected chi connectivity index (χ4v) is 1.66. The summed E-state index contributed by atoms with van der Waals surface area (Å²) >= 11 is 1.30. The van der Waals surface area contributed by atoms with E-state index >= 15 is 0 Å². The van der Waals surface area contributed by atoms with E-state index in [4.69, 9.17) is 0 Å². The first-order chi connectivity index (χ1) is 7.17. The first-order valence-corrected chi connectivity index (χ1v) is 5.35. The number of allylic oxidation sites excluding steroid dienone is 1. The Morgan fingerprint density at radius 2 is 2.33 bits per heavy atom. The number of carbonyl (C=O) groups is 1. The standard InChI is InChI=1S/C10H13N3OS/c1-7(2)4-5-8-9(11-3)15-10(13-8)12-6-14/h4-7H,3H2,1-2H3,(H,12,13,14)/b5-4-. The minimum Gasteiger partial charge on any atom is -0.305 e. The number of hydrogen-bond acceptors (Lipinski definition) is 4. The van der Waals surface area contributed by atoms with Crippen LogP contribution in [-0.2, 0) is 4.79 Å². The average Bonchev–Trinajstić information content (AvgIpc) is 2.58. The molecule has 0 unspecified atom stereocenters. The van der Waals surface area contributed by atoms with Crippen molar-refractivity contribution in [2.24, 2.45) is 10.9 Å². The molecule has 1 amide bonds. The molecule has 0 aliphatic rings. The van der Waals surface area contributed by atoms with Gasteiger partial charge >= 0.3 is 0 Å². The molecule has 4 nitrogen and oxygen atoms in total. The molecule has 1 N–H and O–H groups in total. The van der Waals surface area contributed by atoms with Crippen molar-refractivity contribution in [1.29, 1.82) is 0 Å². The summed E-state index contributed by atoms with van der Waals surface area (Å²) in [6, 6.07) is 0. The topological polar surface area (TPSA) is 54.4 Å². The maximum absolute atomic E-state index is 10.2. The van der Waals surface area contributed by atoms with E-state index in [0.717, 1.165) is 10.7 Å². The molecule has 0 aliphatic carbocycles. The Bertz CT molecular complexity index is 382. The second kappa shape index (κ2) is 5.41. The zero-order valence-electron chi connectivity index (χ0n) is 8.73. The van der Waals surface area contributed by atoms with E-state index in [1.165, 1.54) is 11.3 Å². The van der Waals surface area contributed by atoms with Crippen LogP contribution >= 0.6 is 11.3 Å². The number of thiazole rings is 1. The first kappa shape index (κ1) is 11.6. The van der Waals surface area contributed by atoms with Gasteiger partial charge in [0.05, 0.1) is 0 Å². The lowest BCUT2D eigenvalue weighted by molar-refractivity contribution is -0.105. The Balaban J connectivity index is 2.94. The highest BCUT2D eigenvalue weighted by Crippen LogP contribution is 2.31. The van der Waals surface area contributed by atoms with E-state index in [2.05, 4.69) is 35.9 Å². The summed E-state index contributed by atoms with van der Waals surface area (Å²) in [7, 11) is 0. The maximum atomic E-state index is 10.2. The lowest BCUT2D eigenvalue weighted by atomic mass is 10.2. The third-order valence-corrected chi connectivity index (χ3v) is 2.53. The van der Waals surface area contributed by atoms with Gasteiger partial charge in [0, 0.05) is 0 Å². The Kier molecular flexibility index (Phi) is 4.17. The Morgan fingerprint density at radius 3 is 2.87 bits per heavy atom. The van der Waals surface area contributed by atoms with E-state index in [9.17, 15) is 4.79 Å². The monoisotopic (exact) mass is 223 g/mol. The van der Waals surface area contributed by atoms with E-state index in [0.29, 0.717) is 17.5 Å². The number of aromatic nitrogens is 1. The number of hydrogen-bond donors (Lipinski definition) is 1. The lowest BCUT2D eigenvalue weighted by Crippen LogP contribution is -1.91. The summed E-state index contributed by atoms with van der Waals surface area (Å²) in [6.07, 6.45) is 4.51. The van der Waals surface area contributed by atoms with Crippen molar-refractivity contribution in [1.82, 2.24) is 4.98 Å². The molecule has 0 radical (unpaired) electrons. The molecule has 0 saturated heterocycles. The molecule has 0 aromatic carbocycles. The number of rotatable bonds is 5. The number of amides is 1. The Hall–Kier alpha value is -1.49. The van der Waals surface area contributed by atoms with Crippen molar-refractivity contribution in [3.8, 4) is 0 Å². The van der Waals surface area contributed by atoms with Gasteiger partial charge in [0.15, 0.2) is 5.13 Å². The highest BCUT2D eigenvalue weighted by atomic mass is 32.1. The molecule has 0 bridgehead atoms. The van der Waals surface area contributed by atoms with E-state index in [-0.39, 0.29) is 0 Å². The van der Waals surface area contributed by atoms with E-state index < -0.39 is 0 Å². The largest absolute Gasteiger partial charge is 0.305 e. The molecule has 0 aliphatic heterocycles. The van der Waals surface area contributed by atoms with Crippen molar-refractivity contribution in [2.45, 2.75) is 13.8 Å². The van der Waals surface area contributed by atoms with Crippen molar-refractivity contribution in [2.75, 3.05) is 5.32 Å². The van der Waals surface area contributed by atoms with Crippen LogP contribution in [0.15, 0.2) is 11.1 Å². The van der Waals surface area contributed by atoms with Gasteiger partial charge < -0.3 is 5.32 Å². The lowest BCUT2D eigenvalue weighted by Gasteiger charge is -1.92. The minimum atomic E-state index is 0.451. The Labute approximate surface area is 92.8 Å². The molecular weight excluding hydrogens is 210 g/mol. The van der Waals surface area contributed by atoms with Gasteiger partial charge in [-0.1, -0.05) is 31.3 Å². The highest BCUT2D eigenvalue weighted by molar-refractivity contribution is 7.19. The summed E-state index contributed by atoms with van der Waals surface area (Å²) in [6.45, 7) is 7.62. The van der Waals surface area contributed by atoms with Crippen molar-refractivity contribution < 1.29 is 4.79 Å². The second-order valence-corrected chi connectivity index (χ2v) is 4.21. The van der Waals surface area contributed by atoms with Crippen LogP contribution in [0.5, 0.6) is 0 Å². The molecule has 15 heavy (non-hydrogen) atoms. The highest BCUT2D eigenvalue weighted by Gasteiger charge is 2.06. The van der Waals surface area contributed by atoms with Crippen LogP contribution in [0.4, 0.5) is 10.1 Å². The van der Waals surface area contributed by atoms with Crippen molar-refractivity contribution in [3.05, 3.63) is 11.8 Å². The molecule has 0 atom stereocenters. The van der Waals surface area contributed by atoms with Crippen LogP contribution in [0.2, 0.25) is 0 Å². The number of nitrogens with one attached hydrogen (secondary N) is 1. The van der Waals surface area contributed by atoms with Crippen molar-refractivity contribution >= 4 is 40.7 Å². The molecule has 0 fully saturated rings. The van der Waals surface area contributed by atoms with Crippen molar-refractivity contribution in [3.63, 3.8) is 0 Å². The fourth-order valence-electron chi connectivity index (χ4n) is 0.941. The molecular formula is C10H13N3OS. The van der Waals surface area contributed by atoms with Crippen LogP contribution in [0.25, 0.3) is 6.08 Å². The second-order valence-electron chi connectivity index (χ2n) is 3.23. The summed E-state index contributed by atoms with van der Waals surface area (Å²) < 4.78 is 0. The van der Waals surface area contributed by atoms with E-state index in [1.807, 2.05) is 12.2 Å². The Morgan fingerprint density at radius 1 is 1.60 bits per heavy atom. The zero-order chi connectivity index (χ0) is 11.3. The van der Waals surface area contributed by atoms with Gasteiger partial charge in [0.2, 0.25) is 6.41 Å². The van der Waals surface area contributed by atoms with Gasteiger partial charge in [0.25, 0.3) is 0 Å². The zero-order valence-corrected chi connectivity index (χ0v) is 9.54. The summed E-state index contributed by atoms with van der Waals surface area (Å²) in [5.41, 5.74) is 0.744. The first-order valence-electron chi connectivity index (χ1n) is 4.53. The van der Waals surface area contributed by atoms with Crippen LogP contribution in [0, 0.1) is 5.92 Å². The third-order valence-electron chi connectivity index (χ3n) is 1.60. The predicted octanol–water partition coefficient (Wildman–Crippen LogP) is 2.71. The van der Waals surface area contributed by atoms with Gasteiger partial charge in [-0.2, -0.15) is 0 Å². The van der Waals surface area contributed by atoms with Gasteiger partial charge in [0.1, 0.15) is 10.7 Å². The molecule has 1 heterocycles. The smallest absolute Gasteiger partial charge is 0.213 e. The van der Waals surface area contributed by atoms with Crippen LogP contribution in [0.3, 0.4) is 0 Å². The summed E-state index contributed by atoms with van der Waals surface area (Å²) in [4.78, 5) is 18.3. The molecule has 80 valence electrons. The number of carbonyl (C=O) groups excluding carboxylic acids is 1. The van der Waals surface area contributed by atoms with Gasteiger partial charge in [-0.15, -0.1) is 0 Å². The number of anilines is 1. The quantitative estimate of drug-likeness (QED) is 0.616. The number of aliphatic imine (C=N–C) groups is 1. The fraction of sp³-hybridized carbons (Fsp3) is 0.300. The SMILES string of the molecule is C=Nc1sc(NC=O)nc1/C=C\C(C)C. The molecule has 1 aromatic rings. The molecule has 1 rings (SSSR count). The third kappa shape index (κ3) is 3.28. The molecule has 0 spiro atoms. The van der Waals surface area contributed by atoms with Gasteiger partial charge in [-0.25, -0.2) is 4.98 Å². The number of nitrogens with zero attached hydrogens (tertiary/aromatic N) is 2. The van der Waals surface area contributed by atoms with Crippen LogP contribution in [-0.4, -0.2) is 18.1 Å². The van der Waals surface area contributed by atoms with Gasteiger partial charge in [-0.05, 0) is 18.7 Å². The van der Waals surface area contributed by atoms with Crippen LogP contribution < -0.4 is 5.32 Å². The predicted molar refractivity (Wildman–Crippen MR) is 64.9 cm³/mol. The molecule has 1 aromatic heterocycles. The summed E-state index contributed by atoms with van der Waals surface area (Å²) in [5.74, 6) is 0.451. The molecule has 5 heteroatoms. The normalized spacial score (nSPS) is 10.9. The minimum absolute atomic E-state index is 0.451. The average molecular weight is 223 g/mol. The van der Waals surface area contributed by atoms with Gasteiger partial charge in [-0.3, -0.25) is 9.79 Å².